The first-order chi connectivity index (χ1) is 13.1. The van der Waals surface area contributed by atoms with Crippen LogP contribution >= 0.6 is 11.3 Å². The summed E-state index contributed by atoms with van der Waals surface area (Å²) in [7, 11) is 3.18. The Hall–Kier alpha value is -2.87. The molecular formula is C19H22N4O3S. The molecule has 3 rings (SSSR count). The lowest BCUT2D eigenvalue weighted by Gasteiger charge is -2.10. The number of benzene rings is 1. The summed E-state index contributed by atoms with van der Waals surface area (Å²) in [5, 5.41) is 3.81. The number of aromatic nitrogens is 3. The molecule has 0 saturated heterocycles. The monoisotopic (exact) mass is 386 g/mol. The number of rotatable bonds is 8. The standard InChI is InChI=1S/C19H22N4O3S/c1-13-22-17(14-5-6-15(25-2)16(11-14)26-3)18(27-13)19(24)21-7-4-9-23-10-8-20-12-23/h5-6,8,10-12H,4,7,9H2,1-3H3,(H,21,24). The van der Waals surface area contributed by atoms with Crippen molar-refractivity contribution in [1.82, 2.24) is 19.9 Å². The number of carbonyl (C=O) groups is 1. The molecule has 3 aromatic rings. The average molecular weight is 386 g/mol. The molecule has 0 fully saturated rings. The molecular weight excluding hydrogens is 364 g/mol. The molecule has 7 nitrogen and oxygen atoms in total. The van der Waals surface area contributed by atoms with Crippen molar-refractivity contribution in [3.8, 4) is 22.8 Å². The summed E-state index contributed by atoms with van der Waals surface area (Å²) < 4.78 is 12.6. The van der Waals surface area contributed by atoms with E-state index in [-0.39, 0.29) is 5.91 Å². The Morgan fingerprint density at radius 3 is 2.78 bits per heavy atom. The van der Waals surface area contributed by atoms with Gasteiger partial charge in [-0.15, -0.1) is 11.3 Å². The molecule has 1 N–H and O–H groups in total. The largest absolute Gasteiger partial charge is 0.493 e. The number of nitrogens with one attached hydrogen (secondary N) is 1. The van der Waals surface area contributed by atoms with E-state index >= 15 is 0 Å². The lowest BCUT2D eigenvalue weighted by atomic mass is 10.1. The van der Waals surface area contributed by atoms with Gasteiger partial charge in [0.1, 0.15) is 4.88 Å². The van der Waals surface area contributed by atoms with Gasteiger partial charge in [0.05, 0.1) is 31.2 Å². The predicted octanol–water partition coefficient (Wildman–Crippen LogP) is 3.15. The lowest BCUT2D eigenvalue weighted by Crippen LogP contribution is -2.24. The summed E-state index contributed by atoms with van der Waals surface area (Å²) in [6.45, 7) is 3.29. The number of thiazole rings is 1. The molecule has 0 saturated carbocycles. The van der Waals surface area contributed by atoms with E-state index in [4.69, 9.17) is 9.47 Å². The van der Waals surface area contributed by atoms with E-state index in [9.17, 15) is 4.79 Å². The Labute approximate surface area is 162 Å². The third kappa shape index (κ3) is 4.46. The van der Waals surface area contributed by atoms with Crippen LogP contribution in [0.5, 0.6) is 11.5 Å². The summed E-state index contributed by atoms with van der Waals surface area (Å²) >= 11 is 1.39. The van der Waals surface area contributed by atoms with Crippen molar-refractivity contribution in [2.75, 3.05) is 20.8 Å². The van der Waals surface area contributed by atoms with Crippen molar-refractivity contribution in [2.45, 2.75) is 19.9 Å². The van der Waals surface area contributed by atoms with Crippen LogP contribution in [0, 0.1) is 6.92 Å². The first-order valence-electron chi connectivity index (χ1n) is 8.56. The van der Waals surface area contributed by atoms with Crippen LogP contribution in [-0.4, -0.2) is 41.2 Å². The van der Waals surface area contributed by atoms with Gasteiger partial charge in [0.25, 0.3) is 5.91 Å². The van der Waals surface area contributed by atoms with Gasteiger partial charge in [0.2, 0.25) is 0 Å². The Morgan fingerprint density at radius 1 is 1.26 bits per heavy atom. The fourth-order valence-electron chi connectivity index (χ4n) is 2.72. The van der Waals surface area contributed by atoms with Crippen molar-refractivity contribution in [2.24, 2.45) is 0 Å². The molecule has 0 radical (unpaired) electrons. The number of hydrogen-bond acceptors (Lipinski definition) is 6. The molecule has 0 atom stereocenters. The highest BCUT2D eigenvalue weighted by Gasteiger charge is 2.19. The van der Waals surface area contributed by atoms with E-state index in [0.717, 1.165) is 23.5 Å². The van der Waals surface area contributed by atoms with Gasteiger partial charge in [-0.2, -0.15) is 0 Å². The number of aryl methyl sites for hydroxylation is 2. The summed E-state index contributed by atoms with van der Waals surface area (Å²) in [6.07, 6.45) is 6.24. The first-order valence-corrected chi connectivity index (χ1v) is 9.37. The van der Waals surface area contributed by atoms with Crippen LogP contribution in [0.4, 0.5) is 0 Å². The molecule has 1 aromatic carbocycles. The zero-order valence-electron chi connectivity index (χ0n) is 15.6. The van der Waals surface area contributed by atoms with Gasteiger partial charge in [0.15, 0.2) is 11.5 Å². The van der Waals surface area contributed by atoms with E-state index in [1.807, 2.05) is 35.9 Å². The van der Waals surface area contributed by atoms with Crippen LogP contribution in [0.3, 0.4) is 0 Å². The van der Waals surface area contributed by atoms with Gasteiger partial charge in [-0.3, -0.25) is 4.79 Å². The van der Waals surface area contributed by atoms with Crippen molar-refractivity contribution >= 4 is 17.2 Å². The highest BCUT2D eigenvalue weighted by molar-refractivity contribution is 7.14. The number of ether oxygens (including phenoxy) is 2. The van der Waals surface area contributed by atoms with Gasteiger partial charge < -0.3 is 19.4 Å². The van der Waals surface area contributed by atoms with Gasteiger partial charge in [-0.05, 0) is 31.5 Å². The number of nitrogens with zero attached hydrogens (tertiary/aromatic N) is 3. The van der Waals surface area contributed by atoms with Gasteiger partial charge in [-0.25, -0.2) is 9.97 Å². The summed E-state index contributed by atoms with van der Waals surface area (Å²) in [5.74, 6) is 1.13. The van der Waals surface area contributed by atoms with E-state index in [1.54, 1.807) is 26.7 Å². The van der Waals surface area contributed by atoms with E-state index in [2.05, 4.69) is 15.3 Å². The third-order valence-electron chi connectivity index (χ3n) is 4.04. The van der Waals surface area contributed by atoms with E-state index in [1.165, 1.54) is 11.3 Å². The minimum atomic E-state index is -0.115. The normalized spacial score (nSPS) is 10.6. The van der Waals surface area contributed by atoms with Crippen molar-refractivity contribution < 1.29 is 14.3 Å². The molecule has 0 aliphatic rings. The molecule has 0 spiro atoms. The maximum Gasteiger partial charge on any atom is 0.263 e. The molecule has 0 bridgehead atoms. The fourth-order valence-corrected chi connectivity index (χ4v) is 3.58. The molecule has 2 aromatic heterocycles. The quantitative estimate of drug-likeness (QED) is 0.602. The second-order valence-electron chi connectivity index (χ2n) is 5.89. The minimum absolute atomic E-state index is 0.115. The maximum atomic E-state index is 12.7. The highest BCUT2D eigenvalue weighted by Crippen LogP contribution is 2.35. The predicted molar refractivity (Wildman–Crippen MR) is 105 cm³/mol. The third-order valence-corrected chi connectivity index (χ3v) is 5.00. The van der Waals surface area contributed by atoms with Gasteiger partial charge in [0, 0.05) is 31.0 Å². The molecule has 0 aliphatic carbocycles. The van der Waals surface area contributed by atoms with Crippen LogP contribution in [-0.2, 0) is 6.54 Å². The highest BCUT2D eigenvalue weighted by atomic mass is 32.1. The molecule has 142 valence electrons. The minimum Gasteiger partial charge on any atom is -0.493 e. The van der Waals surface area contributed by atoms with Crippen LogP contribution in [0.25, 0.3) is 11.3 Å². The van der Waals surface area contributed by atoms with E-state index in [0.29, 0.717) is 28.6 Å². The van der Waals surface area contributed by atoms with E-state index < -0.39 is 0 Å². The molecule has 0 unspecified atom stereocenters. The summed E-state index contributed by atoms with van der Waals surface area (Å²) in [5.41, 5.74) is 1.48. The molecule has 1 amide bonds. The summed E-state index contributed by atoms with van der Waals surface area (Å²) in [4.78, 5) is 21.8. The SMILES string of the molecule is COc1ccc(-c2nc(C)sc2C(=O)NCCCn2ccnc2)cc1OC. The summed E-state index contributed by atoms with van der Waals surface area (Å²) in [6, 6.07) is 5.53. The molecule has 2 heterocycles. The molecule has 0 aliphatic heterocycles. The van der Waals surface area contributed by atoms with Crippen molar-refractivity contribution in [3.63, 3.8) is 0 Å². The maximum absolute atomic E-state index is 12.7. The second-order valence-corrected chi connectivity index (χ2v) is 7.09. The van der Waals surface area contributed by atoms with Gasteiger partial charge in [-0.1, -0.05) is 0 Å². The second kappa shape index (κ2) is 8.68. The Morgan fingerprint density at radius 2 is 2.07 bits per heavy atom. The Bertz CT molecular complexity index is 906. The van der Waals surface area contributed by atoms with Crippen molar-refractivity contribution in [1.29, 1.82) is 0 Å². The van der Waals surface area contributed by atoms with Crippen molar-refractivity contribution in [3.05, 3.63) is 46.8 Å². The first kappa shape index (κ1) is 18.9. The zero-order chi connectivity index (χ0) is 19.2. The number of amides is 1. The molecule has 27 heavy (non-hydrogen) atoms. The number of hydrogen-bond donors (Lipinski definition) is 1. The Balaban J connectivity index is 1.72. The topological polar surface area (TPSA) is 78.3 Å². The van der Waals surface area contributed by atoms with Crippen LogP contribution in [0.1, 0.15) is 21.1 Å². The zero-order valence-corrected chi connectivity index (χ0v) is 16.4. The number of imidazole rings is 1. The number of methoxy groups -OCH3 is 2. The average Bonchev–Trinajstić information content (AvgIpc) is 3.34. The smallest absolute Gasteiger partial charge is 0.263 e. The van der Waals surface area contributed by atoms with Gasteiger partial charge >= 0.3 is 0 Å². The Kier molecular flexibility index (Phi) is 6.08. The molecule has 8 heteroatoms. The van der Waals surface area contributed by atoms with Crippen LogP contribution in [0.2, 0.25) is 0 Å². The lowest BCUT2D eigenvalue weighted by molar-refractivity contribution is 0.0957. The van der Waals surface area contributed by atoms with Crippen LogP contribution < -0.4 is 14.8 Å². The number of carbonyl (C=O) groups excluding carboxylic acids is 1. The fraction of sp³-hybridized carbons (Fsp3) is 0.316. The van der Waals surface area contributed by atoms with Crippen LogP contribution in [0.15, 0.2) is 36.9 Å².